The number of nitrogens with zero attached hydrogens (tertiary/aromatic N) is 2. The Morgan fingerprint density at radius 1 is 1.11 bits per heavy atom. The molecule has 1 aliphatic rings. The molecule has 4 rings (SSSR count). The molecule has 1 saturated heterocycles. The van der Waals surface area contributed by atoms with Crippen molar-refractivity contribution in [3.8, 4) is 11.5 Å². The van der Waals surface area contributed by atoms with Gasteiger partial charge in [-0.3, -0.25) is 9.69 Å². The van der Waals surface area contributed by atoms with Crippen molar-refractivity contribution in [2.24, 2.45) is 4.99 Å². The number of amidine groups is 1. The lowest BCUT2D eigenvalue weighted by Gasteiger charge is -2.15. The SMILES string of the molecule is CCOc1cc(/C=C2/SC(=Nc3ccc(C)cc3)N(CCc3ccccc3)C2=O)cc(I)c1OCC(=O)O. The van der Waals surface area contributed by atoms with Crippen molar-refractivity contribution in [3.63, 3.8) is 0 Å². The maximum absolute atomic E-state index is 13.6. The fourth-order valence-electron chi connectivity index (χ4n) is 3.76. The quantitative estimate of drug-likeness (QED) is 0.206. The molecule has 7 nitrogen and oxygen atoms in total. The molecule has 3 aromatic rings. The summed E-state index contributed by atoms with van der Waals surface area (Å²) in [4.78, 5) is 31.6. The van der Waals surface area contributed by atoms with Crippen molar-refractivity contribution in [3.05, 3.63) is 91.9 Å². The Morgan fingerprint density at radius 2 is 1.84 bits per heavy atom. The molecule has 0 unspecified atom stereocenters. The lowest BCUT2D eigenvalue weighted by molar-refractivity contribution is -0.139. The van der Waals surface area contributed by atoms with Crippen molar-refractivity contribution >= 4 is 63.2 Å². The first kappa shape index (κ1) is 27.7. The molecule has 0 bridgehead atoms. The Morgan fingerprint density at radius 3 is 2.53 bits per heavy atom. The Labute approximate surface area is 239 Å². The molecule has 0 spiro atoms. The first-order chi connectivity index (χ1) is 18.3. The second kappa shape index (κ2) is 13.0. The van der Waals surface area contributed by atoms with E-state index in [0.717, 1.165) is 22.4 Å². The Kier molecular flexibility index (Phi) is 9.46. The molecular weight excluding hydrogens is 615 g/mol. The molecule has 0 aromatic heterocycles. The molecular formula is C29H27IN2O5S. The summed E-state index contributed by atoms with van der Waals surface area (Å²) in [6, 6.07) is 21.5. The van der Waals surface area contributed by atoms with Crippen molar-refractivity contribution in [1.82, 2.24) is 4.90 Å². The zero-order valence-electron chi connectivity index (χ0n) is 21.0. The Bertz CT molecular complexity index is 1370. The van der Waals surface area contributed by atoms with Crippen LogP contribution in [0.1, 0.15) is 23.6 Å². The van der Waals surface area contributed by atoms with Gasteiger partial charge in [0.25, 0.3) is 5.91 Å². The number of benzene rings is 3. The van der Waals surface area contributed by atoms with Crippen LogP contribution < -0.4 is 9.47 Å². The highest BCUT2D eigenvalue weighted by molar-refractivity contribution is 14.1. The van der Waals surface area contributed by atoms with Gasteiger partial charge in [-0.15, -0.1) is 0 Å². The number of halogens is 1. The van der Waals surface area contributed by atoms with Crippen LogP contribution >= 0.6 is 34.4 Å². The van der Waals surface area contributed by atoms with Gasteiger partial charge in [0.05, 0.1) is 20.8 Å². The van der Waals surface area contributed by atoms with E-state index in [1.54, 1.807) is 11.0 Å². The number of ether oxygens (including phenoxy) is 2. The number of carboxylic acid groups (broad SMARTS) is 1. The minimum Gasteiger partial charge on any atom is -0.490 e. The largest absolute Gasteiger partial charge is 0.490 e. The van der Waals surface area contributed by atoms with E-state index in [9.17, 15) is 9.59 Å². The third kappa shape index (κ3) is 7.16. The fourth-order valence-corrected chi connectivity index (χ4v) is 5.57. The number of thioether (sulfide) groups is 1. The molecule has 0 radical (unpaired) electrons. The number of hydrogen-bond donors (Lipinski definition) is 1. The Hall–Kier alpha value is -3.31. The van der Waals surface area contributed by atoms with Gasteiger partial charge in [-0.1, -0.05) is 48.0 Å². The van der Waals surface area contributed by atoms with Crippen LogP contribution in [0, 0.1) is 10.5 Å². The van der Waals surface area contributed by atoms with E-state index in [1.807, 2.05) is 80.6 Å². The van der Waals surface area contributed by atoms with Crippen molar-refractivity contribution < 1.29 is 24.2 Å². The van der Waals surface area contributed by atoms with E-state index in [1.165, 1.54) is 11.8 Å². The molecule has 1 heterocycles. The number of aliphatic imine (C=N–C) groups is 1. The maximum Gasteiger partial charge on any atom is 0.341 e. The summed E-state index contributed by atoms with van der Waals surface area (Å²) in [6.07, 6.45) is 2.52. The predicted octanol–water partition coefficient (Wildman–Crippen LogP) is 6.31. The fraction of sp³-hybridized carbons (Fsp3) is 0.207. The van der Waals surface area contributed by atoms with Crippen LogP contribution in [0.25, 0.3) is 6.08 Å². The molecule has 1 fully saturated rings. The normalized spacial score (nSPS) is 15.3. The van der Waals surface area contributed by atoms with Crippen LogP contribution in [-0.2, 0) is 16.0 Å². The average Bonchev–Trinajstić information content (AvgIpc) is 3.17. The highest BCUT2D eigenvalue weighted by Crippen LogP contribution is 2.38. The molecule has 38 heavy (non-hydrogen) atoms. The lowest BCUT2D eigenvalue weighted by atomic mass is 10.1. The molecule has 9 heteroatoms. The van der Waals surface area contributed by atoms with E-state index in [2.05, 4.69) is 22.6 Å². The molecule has 196 valence electrons. The summed E-state index contributed by atoms with van der Waals surface area (Å²) in [5.74, 6) is -0.389. The molecule has 0 saturated carbocycles. The van der Waals surface area contributed by atoms with Crippen LogP contribution in [0.4, 0.5) is 5.69 Å². The minimum atomic E-state index is -1.07. The van der Waals surface area contributed by atoms with Crippen molar-refractivity contribution in [2.45, 2.75) is 20.3 Å². The van der Waals surface area contributed by atoms with Gasteiger partial charge < -0.3 is 14.6 Å². The van der Waals surface area contributed by atoms with Crippen molar-refractivity contribution in [2.75, 3.05) is 19.8 Å². The summed E-state index contributed by atoms with van der Waals surface area (Å²) in [7, 11) is 0. The van der Waals surface area contributed by atoms with Crippen LogP contribution in [-0.4, -0.2) is 46.8 Å². The van der Waals surface area contributed by atoms with Crippen LogP contribution in [0.15, 0.2) is 76.6 Å². The van der Waals surface area contributed by atoms with Gasteiger partial charge in [0.15, 0.2) is 23.3 Å². The summed E-state index contributed by atoms with van der Waals surface area (Å²) < 4.78 is 11.9. The number of carbonyl (C=O) groups excluding carboxylic acids is 1. The highest BCUT2D eigenvalue weighted by Gasteiger charge is 2.33. The van der Waals surface area contributed by atoms with Crippen molar-refractivity contribution in [1.29, 1.82) is 0 Å². The molecule has 1 amide bonds. The molecule has 1 aliphatic heterocycles. The van der Waals surface area contributed by atoms with Gasteiger partial charge >= 0.3 is 5.97 Å². The Balaban J connectivity index is 1.66. The topological polar surface area (TPSA) is 88.4 Å². The number of amides is 1. The summed E-state index contributed by atoms with van der Waals surface area (Å²) in [5.41, 5.74) is 3.81. The zero-order chi connectivity index (χ0) is 27.1. The summed E-state index contributed by atoms with van der Waals surface area (Å²) in [6.45, 7) is 4.27. The van der Waals surface area contributed by atoms with E-state index in [0.29, 0.717) is 44.7 Å². The number of carboxylic acids is 1. The molecule has 0 aliphatic carbocycles. The van der Waals surface area contributed by atoms with Gasteiger partial charge in [-0.2, -0.15) is 0 Å². The number of carbonyl (C=O) groups is 2. The summed E-state index contributed by atoms with van der Waals surface area (Å²) >= 11 is 3.42. The number of rotatable bonds is 10. The average molecular weight is 643 g/mol. The molecule has 0 atom stereocenters. The lowest BCUT2D eigenvalue weighted by Crippen LogP contribution is -2.31. The van der Waals surface area contributed by atoms with Crippen LogP contribution in [0.2, 0.25) is 0 Å². The molecule has 1 N–H and O–H groups in total. The first-order valence-electron chi connectivity index (χ1n) is 12.1. The first-order valence-corrected chi connectivity index (χ1v) is 13.9. The van der Waals surface area contributed by atoms with E-state index in [-0.39, 0.29) is 5.91 Å². The van der Waals surface area contributed by atoms with Gasteiger partial charge in [0.2, 0.25) is 0 Å². The predicted molar refractivity (Wildman–Crippen MR) is 159 cm³/mol. The van der Waals surface area contributed by atoms with Gasteiger partial charge in [0, 0.05) is 6.54 Å². The van der Waals surface area contributed by atoms with Crippen LogP contribution in [0.5, 0.6) is 11.5 Å². The standard InChI is InChI=1S/C29H27IN2O5S/c1-3-36-24-16-21(15-23(30)27(24)37-18-26(33)34)17-25-28(35)32(14-13-20-7-5-4-6-8-20)29(38-25)31-22-11-9-19(2)10-12-22/h4-12,15-17H,3,13-14,18H2,1-2H3,(H,33,34)/b25-17+,31-29?. The van der Waals surface area contributed by atoms with E-state index < -0.39 is 12.6 Å². The number of aliphatic carboxylic acids is 1. The molecule has 3 aromatic carbocycles. The smallest absolute Gasteiger partial charge is 0.341 e. The minimum absolute atomic E-state index is 0.115. The second-order valence-electron chi connectivity index (χ2n) is 8.48. The van der Waals surface area contributed by atoms with Gasteiger partial charge in [0.1, 0.15) is 0 Å². The van der Waals surface area contributed by atoms with E-state index in [4.69, 9.17) is 19.6 Å². The van der Waals surface area contributed by atoms with Gasteiger partial charge in [-0.05, 0) is 96.1 Å². The monoisotopic (exact) mass is 642 g/mol. The number of aryl methyl sites for hydroxylation is 1. The van der Waals surface area contributed by atoms with Gasteiger partial charge in [-0.25, -0.2) is 9.79 Å². The summed E-state index contributed by atoms with van der Waals surface area (Å²) in [5, 5.41) is 9.64. The zero-order valence-corrected chi connectivity index (χ0v) is 24.0. The highest BCUT2D eigenvalue weighted by atomic mass is 127. The van der Waals surface area contributed by atoms with Crippen LogP contribution in [0.3, 0.4) is 0 Å². The third-order valence-corrected chi connectivity index (χ3v) is 7.39. The van der Waals surface area contributed by atoms with E-state index >= 15 is 0 Å². The third-order valence-electron chi connectivity index (χ3n) is 5.58. The maximum atomic E-state index is 13.6. The number of hydrogen-bond acceptors (Lipinski definition) is 6. The second-order valence-corrected chi connectivity index (χ2v) is 10.6.